The van der Waals surface area contributed by atoms with Crippen molar-refractivity contribution in [2.45, 2.75) is 32.2 Å². The first kappa shape index (κ1) is 14.0. The van der Waals surface area contributed by atoms with Crippen LogP contribution in [0.3, 0.4) is 0 Å². The molecule has 0 bridgehead atoms. The van der Waals surface area contributed by atoms with Crippen molar-refractivity contribution in [3.63, 3.8) is 0 Å². The summed E-state index contributed by atoms with van der Waals surface area (Å²) in [5.74, 6) is 0.205. The molecule has 0 spiro atoms. The van der Waals surface area contributed by atoms with Crippen molar-refractivity contribution in [3.8, 4) is 0 Å². The van der Waals surface area contributed by atoms with Gasteiger partial charge in [0.1, 0.15) is 0 Å². The van der Waals surface area contributed by atoms with Gasteiger partial charge in [0.25, 0.3) is 0 Å². The Balaban J connectivity index is 0.00000144. The third-order valence-electron chi connectivity index (χ3n) is 3.25. The van der Waals surface area contributed by atoms with Gasteiger partial charge in [0.05, 0.1) is 0 Å². The highest BCUT2D eigenvalue weighted by atomic mass is 35.5. The molecule has 2 rings (SSSR count). The summed E-state index contributed by atoms with van der Waals surface area (Å²) in [5, 5.41) is 2.98. The number of anilines is 1. The van der Waals surface area contributed by atoms with E-state index in [-0.39, 0.29) is 30.3 Å². The Morgan fingerprint density at radius 2 is 2.06 bits per heavy atom. The molecule has 0 aromatic heterocycles. The summed E-state index contributed by atoms with van der Waals surface area (Å²) in [5.41, 5.74) is 7.81. The maximum Gasteiger partial charge on any atom is 0.227 e. The average molecular weight is 255 g/mol. The molecule has 0 heterocycles. The summed E-state index contributed by atoms with van der Waals surface area (Å²) in [6.45, 7) is 2.00. The van der Waals surface area contributed by atoms with Gasteiger partial charge in [-0.15, -0.1) is 12.4 Å². The zero-order chi connectivity index (χ0) is 11.5. The zero-order valence-corrected chi connectivity index (χ0v) is 10.8. The van der Waals surface area contributed by atoms with E-state index in [0.717, 1.165) is 30.5 Å². The molecule has 1 aliphatic carbocycles. The van der Waals surface area contributed by atoms with Crippen molar-refractivity contribution in [1.29, 1.82) is 0 Å². The molecule has 3 N–H and O–H groups in total. The van der Waals surface area contributed by atoms with Crippen LogP contribution in [-0.4, -0.2) is 11.9 Å². The number of amides is 1. The fourth-order valence-corrected chi connectivity index (χ4v) is 2.20. The van der Waals surface area contributed by atoms with Gasteiger partial charge in [-0.2, -0.15) is 0 Å². The molecule has 1 fully saturated rings. The Morgan fingerprint density at radius 3 is 2.65 bits per heavy atom. The van der Waals surface area contributed by atoms with E-state index in [1.54, 1.807) is 0 Å². The van der Waals surface area contributed by atoms with E-state index < -0.39 is 0 Å². The van der Waals surface area contributed by atoms with Gasteiger partial charge in [0, 0.05) is 17.6 Å². The molecular weight excluding hydrogens is 236 g/mol. The van der Waals surface area contributed by atoms with Gasteiger partial charge in [0.15, 0.2) is 0 Å². The van der Waals surface area contributed by atoms with Crippen molar-refractivity contribution in [3.05, 3.63) is 29.8 Å². The summed E-state index contributed by atoms with van der Waals surface area (Å²) in [6.07, 6.45) is 2.70. The first-order chi connectivity index (χ1) is 7.66. The molecule has 2 atom stereocenters. The normalized spacial score (nSPS) is 22.9. The number of nitrogens with two attached hydrogens (primary N) is 1. The van der Waals surface area contributed by atoms with Crippen molar-refractivity contribution in [2.75, 3.05) is 5.32 Å². The number of aryl methyl sites for hydroxylation is 1. The van der Waals surface area contributed by atoms with E-state index in [9.17, 15) is 4.79 Å². The molecule has 3 nitrogen and oxygen atoms in total. The molecule has 0 aliphatic heterocycles. The molecule has 1 saturated carbocycles. The molecule has 1 amide bonds. The minimum atomic E-state index is 0. The van der Waals surface area contributed by atoms with Crippen LogP contribution in [0.2, 0.25) is 0 Å². The maximum atomic E-state index is 11.9. The van der Waals surface area contributed by atoms with E-state index >= 15 is 0 Å². The van der Waals surface area contributed by atoms with Crippen molar-refractivity contribution < 1.29 is 4.79 Å². The molecule has 1 aromatic carbocycles. The molecule has 1 aliphatic rings. The number of rotatable bonds is 2. The minimum Gasteiger partial charge on any atom is -0.328 e. The van der Waals surface area contributed by atoms with E-state index in [1.165, 1.54) is 0 Å². The smallest absolute Gasteiger partial charge is 0.227 e. The standard InChI is InChI=1S/C13H18N2O.ClH/c1-9-4-2-3-5-12(9)15-13(16)10-6-7-11(14)8-10;/h2-5,10-11H,6-8,14H2,1H3,(H,15,16);1H. The van der Waals surface area contributed by atoms with Gasteiger partial charge in [0.2, 0.25) is 5.91 Å². The van der Waals surface area contributed by atoms with Gasteiger partial charge >= 0.3 is 0 Å². The van der Waals surface area contributed by atoms with E-state index in [2.05, 4.69) is 5.32 Å². The Morgan fingerprint density at radius 1 is 1.35 bits per heavy atom. The lowest BCUT2D eigenvalue weighted by atomic mass is 10.1. The summed E-state index contributed by atoms with van der Waals surface area (Å²) in [4.78, 5) is 11.9. The highest BCUT2D eigenvalue weighted by molar-refractivity contribution is 5.93. The molecule has 17 heavy (non-hydrogen) atoms. The lowest BCUT2D eigenvalue weighted by Gasteiger charge is -2.12. The van der Waals surface area contributed by atoms with Crippen LogP contribution in [0.15, 0.2) is 24.3 Å². The predicted octanol–water partition coefficient (Wildman–Crippen LogP) is 2.48. The molecular formula is C13H19ClN2O. The van der Waals surface area contributed by atoms with Crippen LogP contribution in [0.25, 0.3) is 0 Å². The lowest BCUT2D eigenvalue weighted by molar-refractivity contribution is -0.119. The number of hydrogen-bond acceptors (Lipinski definition) is 2. The zero-order valence-electron chi connectivity index (χ0n) is 9.98. The number of hydrogen-bond donors (Lipinski definition) is 2. The number of para-hydroxylation sites is 1. The number of carbonyl (C=O) groups is 1. The van der Waals surface area contributed by atoms with Gasteiger partial charge in [-0.25, -0.2) is 0 Å². The maximum absolute atomic E-state index is 11.9. The molecule has 94 valence electrons. The first-order valence-corrected chi connectivity index (χ1v) is 5.79. The Kier molecular flexibility index (Phi) is 4.97. The predicted molar refractivity (Wildman–Crippen MR) is 72.4 cm³/mol. The third-order valence-corrected chi connectivity index (χ3v) is 3.25. The van der Waals surface area contributed by atoms with Crippen molar-refractivity contribution in [1.82, 2.24) is 0 Å². The second-order valence-corrected chi connectivity index (χ2v) is 4.57. The van der Waals surface area contributed by atoms with Crippen LogP contribution in [0.1, 0.15) is 24.8 Å². The quantitative estimate of drug-likeness (QED) is 0.852. The van der Waals surface area contributed by atoms with Crippen molar-refractivity contribution in [2.24, 2.45) is 11.7 Å². The molecule has 2 unspecified atom stereocenters. The summed E-state index contributed by atoms with van der Waals surface area (Å²) < 4.78 is 0. The van der Waals surface area contributed by atoms with Gasteiger partial charge in [-0.1, -0.05) is 18.2 Å². The minimum absolute atomic E-state index is 0. The monoisotopic (exact) mass is 254 g/mol. The molecule has 0 saturated heterocycles. The molecule has 4 heteroatoms. The second-order valence-electron chi connectivity index (χ2n) is 4.57. The van der Waals surface area contributed by atoms with Crippen LogP contribution >= 0.6 is 12.4 Å². The largest absolute Gasteiger partial charge is 0.328 e. The van der Waals surface area contributed by atoms with E-state index in [1.807, 2.05) is 31.2 Å². The second kappa shape index (κ2) is 6.03. The molecule has 1 aromatic rings. The Bertz CT molecular complexity index is 395. The molecule has 0 radical (unpaired) electrons. The number of benzene rings is 1. The first-order valence-electron chi connectivity index (χ1n) is 5.79. The van der Waals surface area contributed by atoms with Crippen LogP contribution in [0, 0.1) is 12.8 Å². The lowest BCUT2D eigenvalue weighted by Crippen LogP contribution is -2.23. The fraction of sp³-hybridized carbons (Fsp3) is 0.462. The Labute approximate surface area is 108 Å². The van der Waals surface area contributed by atoms with Crippen molar-refractivity contribution >= 4 is 24.0 Å². The number of halogens is 1. The number of nitrogens with one attached hydrogen (secondary N) is 1. The summed E-state index contributed by atoms with van der Waals surface area (Å²) >= 11 is 0. The van der Waals surface area contributed by atoms with Crippen LogP contribution in [0.4, 0.5) is 5.69 Å². The Hall–Kier alpha value is -1.06. The van der Waals surface area contributed by atoms with Crippen LogP contribution in [0.5, 0.6) is 0 Å². The highest BCUT2D eigenvalue weighted by Gasteiger charge is 2.27. The fourth-order valence-electron chi connectivity index (χ4n) is 2.20. The highest BCUT2D eigenvalue weighted by Crippen LogP contribution is 2.26. The van der Waals surface area contributed by atoms with Gasteiger partial charge in [-0.3, -0.25) is 4.79 Å². The SMILES string of the molecule is Cc1ccccc1NC(=O)C1CCC(N)C1.Cl. The summed E-state index contributed by atoms with van der Waals surface area (Å²) in [6, 6.07) is 8.03. The van der Waals surface area contributed by atoms with E-state index in [0.29, 0.717) is 0 Å². The summed E-state index contributed by atoms with van der Waals surface area (Å²) in [7, 11) is 0. The average Bonchev–Trinajstić information content (AvgIpc) is 2.68. The third kappa shape index (κ3) is 3.45. The van der Waals surface area contributed by atoms with Gasteiger partial charge in [-0.05, 0) is 37.8 Å². The topological polar surface area (TPSA) is 55.1 Å². The van der Waals surface area contributed by atoms with Crippen LogP contribution in [-0.2, 0) is 4.79 Å². The van der Waals surface area contributed by atoms with Gasteiger partial charge < -0.3 is 11.1 Å². The van der Waals surface area contributed by atoms with E-state index in [4.69, 9.17) is 5.73 Å². The number of carbonyl (C=O) groups excluding carboxylic acids is 1. The van der Waals surface area contributed by atoms with Crippen LogP contribution < -0.4 is 11.1 Å².